The van der Waals surface area contributed by atoms with Crippen molar-refractivity contribution < 1.29 is 4.79 Å². The van der Waals surface area contributed by atoms with Crippen molar-refractivity contribution in [2.75, 3.05) is 30.8 Å². The quantitative estimate of drug-likeness (QED) is 0.761. The number of nitrogens with two attached hydrogens (primary N) is 1. The first-order chi connectivity index (χ1) is 8.04. The van der Waals surface area contributed by atoms with E-state index in [4.69, 9.17) is 5.73 Å². The lowest BCUT2D eigenvalue weighted by Crippen LogP contribution is -2.35. The summed E-state index contributed by atoms with van der Waals surface area (Å²) in [7, 11) is 1.87. The average Bonchev–Trinajstić information content (AvgIpc) is 2.26. The van der Waals surface area contributed by atoms with Crippen LogP contribution >= 0.6 is 0 Å². The van der Waals surface area contributed by atoms with Crippen molar-refractivity contribution in [3.8, 4) is 0 Å². The number of nitrogen functional groups attached to an aromatic ring is 1. The summed E-state index contributed by atoms with van der Waals surface area (Å²) in [4.78, 5) is 13.4. The van der Waals surface area contributed by atoms with Gasteiger partial charge in [0.15, 0.2) is 0 Å². The number of carbonyl (C=O) groups is 1. The van der Waals surface area contributed by atoms with Crippen molar-refractivity contribution in [3.05, 3.63) is 23.8 Å². The van der Waals surface area contributed by atoms with Gasteiger partial charge in [0, 0.05) is 13.6 Å². The number of amides is 1. The second kappa shape index (κ2) is 6.13. The Hall–Kier alpha value is -1.71. The van der Waals surface area contributed by atoms with Gasteiger partial charge < -0.3 is 16.0 Å². The van der Waals surface area contributed by atoms with Gasteiger partial charge in [-0.1, -0.05) is 13.0 Å². The molecule has 0 aliphatic heterocycles. The maximum Gasteiger partial charge on any atom is 0.239 e. The van der Waals surface area contributed by atoms with Crippen molar-refractivity contribution in [3.63, 3.8) is 0 Å². The molecule has 0 atom stereocenters. The zero-order chi connectivity index (χ0) is 12.8. The van der Waals surface area contributed by atoms with E-state index in [-0.39, 0.29) is 5.91 Å². The number of nitrogens with one attached hydrogen (secondary N) is 1. The number of likely N-dealkylation sites (N-methyl/N-ethyl adjacent to an activating group) is 1. The molecule has 0 radical (unpaired) electrons. The second-order valence-corrected chi connectivity index (χ2v) is 4.27. The topological polar surface area (TPSA) is 58.4 Å². The largest absolute Gasteiger partial charge is 0.397 e. The van der Waals surface area contributed by atoms with Crippen molar-refractivity contribution in [2.24, 2.45) is 0 Å². The Morgan fingerprint density at radius 1 is 1.47 bits per heavy atom. The van der Waals surface area contributed by atoms with Gasteiger partial charge >= 0.3 is 0 Å². The Balaban J connectivity index is 2.63. The van der Waals surface area contributed by atoms with Crippen LogP contribution in [-0.2, 0) is 4.79 Å². The number of nitrogens with zero attached hydrogens (tertiary/aromatic N) is 1. The van der Waals surface area contributed by atoms with Gasteiger partial charge in [0.2, 0.25) is 5.91 Å². The number of carbonyl (C=O) groups excluding carboxylic acids is 1. The molecule has 1 aromatic rings. The number of hydrogen-bond acceptors (Lipinski definition) is 3. The Morgan fingerprint density at radius 2 is 2.18 bits per heavy atom. The molecule has 17 heavy (non-hydrogen) atoms. The van der Waals surface area contributed by atoms with Crippen LogP contribution in [0.4, 0.5) is 11.4 Å². The lowest BCUT2D eigenvalue weighted by molar-refractivity contribution is -0.119. The standard InChI is InChI=1S/C13H21N3O/c1-4-7-15-13(17)9-16(3)12-6-5-10(2)8-11(12)14/h5-6,8H,4,7,9,14H2,1-3H3,(H,15,17). The first-order valence-electron chi connectivity index (χ1n) is 5.88. The molecule has 3 N–H and O–H groups in total. The van der Waals surface area contributed by atoms with Crippen molar-refractivity contribution in [2.45, 2.75) is 20.3 Å². The van der Waals surface area contributed by atoms with Gasteiger partial charge in [-0.25, -0.2) is 0 Å². The predicted molar refractivity (Wildman–Crippen MR) is 72.2 cm³/mol. The normalized spacial score (nSPS) is 10.1. The van der Waals surface area contributed by atoms with E-state index in [9.17, 15) is 4.79 Å². The Bertz CT molecular complexity index is 390. The van der Waals surface area contributed by atoms with Crippen LogP contribution in [0.3, 0.4) is 0 Å². The maximum atomic E-state index is 11.6. The molecule has 4 nitrogen and oxygen atoms in total. The highest BCUT2D eigenvalue weighted by molar-refractivity contribution is 5.82. The summed E-state index contributed by atoms with van der Waals surface area (Å²) >= 11 is 0. The zero-order valence-electron chi connectivity index (χ0n) is 10.8. The number of hydrogen-bond donors (Lipinski definition) is 2. The molecule has 0 unspecified atom stereocenters. The van der Waals surface area contributed by atoms with Gasteiger partial charge in [0.1, 0.15) is 0 Å². The first-order valence-corrected chi connectivity index (χ1v) is 5.88. The summed E-state index contributed by atoms with van der Waals surface area (Å²) in [5.74, 6) is 0.0225. The minimum Gasteiger partial charge on any atom is -0.397 e. The molecule has 0 fully saturated rings. The molecule has 0 aliphatic carbocycles. The van der Waals surface area contributed by atoms with Crippen LogP contribution in [0.1, 0.15) is 18.9 Å². The SMILES string of the molecule is CCCNC(=O)CN(C)c1ccc(C)cc1N. The van der Waals surface area contributed by atoms with E-state index in [0.717, 1.165) is 24.2 Å². The summed E-state index contributed by atoms with van der Waals surface area (Å²) in [5, 5.41) is 2.84. The summed E-state index contributed by atoms with van der Waals surface area (Å²) in [6.45, 7) is 5.07. The van der Waals surface area contributed by atoms with E-state index >= 15 is 0 Å². The second-order valence-electron chi connectivity index (χ2n) is 4.27. The summed E-state index contributed by atoms with van der Waals surface area (Å²) in [5.41, 5.74) is 8.64. The van der Waals surface area contributed by atoms with Gasteiger partial charge in [0.05, 0.1) is 17.9 Å². The molecule has 0 spiro atoms. The number of rotatable bonds is 5. The van der Waals surface area contributed by atoms with E-state index in [1.807, 2.05) is 44.0 Å². The van der Waals surface area contributed by atoms with E-state index < -0.39 is 0 Å². The number of aryl methyl sites for hydroxylation is 1. The van der Waals surface area contributed by atoms with Gasteiger partial charge in [-0.15, -0.1) is 0 Å². The third-order valence-corrected chi connectivity index (χ3v) is 2.55. The predicted octanol–water partition coefficient (Wildman–Crippen LogP) is 1.54. The minimum absolute atomic E-state index is 0.0225. The monoisotopic (exact) mass is 235 g/mol. The lowest BCUT2D eigenvalue weighted by atomic mass is 10.2. The molecule has 0 bridgehead atoms. The first kappa shape index (κ1) is 13.4. The highest BCUT2D eigenvalue weighted by atomic mass is 16.2. The fourth-order valence-electron chi connectivity index (χ4n) is 1.64. The van der Waals surface area contributed by atoms with Crippen molar-refractivity contribution in [1.82, 2.24) is 5.32 Å². The molecule has 0 aliphatic rings. The molecule has 0 saturated heterocycles. The summed E-state index contributed by atoms with van der Waals surface area (Å²) in [6.07, 6.45) is 0.947. The summed E-state index contributed by atoms with van der Waals surface area (Å²) in [6, 6.07) is 5.85. The highest BCUT2D eigenvalue weighted by Gasteiger charge is 2.09. The van der Waals surface area contributed by atoms with E-state index in [1.165, 1.54) is 0 Å². The maximum absolute atomic E-state index is 11.6. The Kier molecular flexibility index (Phi) is 4.82. The zero-order valence-corrected chi connectivity index (χ0v) is 10.8. The molecular formula is C13H21N3O. The van der Waals surface area contributed by atoms with Crippen LogP contribution in [0.25, 0.3) is 0 Å². The van der Waals surface area contributed by atoms with Crippen molar-refractivity contribution >= 4 is 17.3 Å². The molecule has 0 saturated carbocycles. The molecular weight excluding hydrogens is 214 g/mol. The van der Waals surface area contributed by atoms with E-state index in [0.29, 0.717) is 12.2 Å². The number of benzene rings is 1. The molecule has 0 heterocycles. The average molecular weight is 235 g/mol. The van der Waals surface area contributed by atoms with Crippen molar-refractivity contribution in [1.29, 1.82) is 0 Å². The van der Waals surface area contributed by atoms with Crippen LogP contribution in [0, 0.1) is 6.92 Å². The molecule has 94 valence electrons. The van der Waals surface area contributed by atoms with E-state index in [1.54, 1.807) is 0 Å². The minimum atomic E-state index is 0.0225. The lowest BCUT2D eigenvalue weighted by Gasteiger charge is -2.20. The summed E-state index contributed by atoms with van der Waals surface area (Å²) < 4.78 is 0. The molecule has 0 aromatic heterocycles. The third kappa shape index (κ3) is 3.98. The molecule has 4 heteroatoms. The molecule has 1 amide bonds. The van der Waals surface area contributed by atoms with Crippen LogP contribution in [-0.4, -0.2) is 26.0 Å². The molecule has 1 aromatic carbocycles. The third-order valence-electron chi connectivity index (χ3n) is 2.55. The fraction of sp³-hybridized carbons (Fsp3) is 0.462. The van der Waals surface area contributed by atoms with Crippen LogP contribution in [0.5, 0.6) is 0 Å². The van der Waals surface area contributed by atoms with Crippen LogP contribution in [0.2, 0.25) is 0 Å². The Morgan fingerprint density at radius 3 is 2.76 bits per heavy atom. The molecule has 1 rings (SSSR count). The van der Waals surface area contributed by atoms with Crippen LogP contribution in [0.15, 0.2) is 18.2 Å². The van der Waals surface area contributed by atoms with Gasteiger partial charge in [-0.05, 0) is 31.0 Å². The fourth-order valence-corrected chi connectivity index (χ4v) is 1.64. The van der Waals surface area contributed by atoms with Crippen LogP contribution < -0.4 is 16.0 Å². The Labute approximate surface area is 103 Å². The highest BCUT2D eigenvalue weighted by Crippen LogP contribution is 2.22. The van der Waals surface area contributed by atoms with E-state index in [2.05, 4.69) is 5.32 Å². The smallest absolute Gasteiger partial charge is 0.239 e. The van der Waals surface area contributed by atoms with Gasteiger partial charge in [0.25, 0.3) is 0 Å². The number of anilines is 2. The van der Waals surface area contributed by atoms with Gasteiger partial charge in [-0.2, -0.15) is 0 Å². The van der Waals surface area contributed by atoms with Gasteiger partial charge in [-0.3, -0.25) is 4.79 Å².